The minimum atomic E-state index is -2.86. The van der Waals surface area contributed by atoms with Crippen molar-refractivity contribution in [2.75, 3.05) is 13.6 Å². The number of rotatable bonds is 4. The molecule has 1 rings (SSSR count). The Labute approximate surface area is 92.5 Å². The predicted molar refractivity (Wildman–Crippen MR) is 65.1 cm³/mol. The summed E-state index contributed by atoms with van der Waals surface area (Å²) in [5, 5.41) is 0. The van der Waals surface area contributed by atoms with Crippen molar-refractivity contribution < 1.29 is 9.11 Å². The third-order valence-electron chi connectivity index (χ3n) is 2.16. The molecule has 0 atom stereocenters. The third-order valence-corrected chi connectivity index (χ3v) is 4.08. The van der Waals surface area contributed by atoms with Crippen LogP contribution in [0, 0.1) is 6.92 Å². The fraction of sp³-hybridized carbons (Fsp3) is 0.273. The zero-order valence-electron chi connectivity index (χ0n) is 9.05. The SMILES string of the molecule is C=CCN(C)S(O)(O)c1ccc(C)cc1. The summed E-state index contributed by atoms with van der Waals surface area (Å²) in [6, 6.07) is 7.21. The van der Waals surface area contributed by atoms with Crippen molar-refractivity contribution in [2.45, 2.75) is 11.8 Å². The monoisotopic (exact) mass is 227 g/mol. The average molecular weight is 227 g/mol. The van der Waals surface area contributed by atoms with E-state index in [2.05, 4.69) is 6.58 Å². The van der Waals surface area contributed by atoms with Crippen LogP contribution in [0.1, 0.15) is 5.56 Å². The van der Waals surface area contributed by atoms with Gasteiger partial charge in [0, 0.05) is 13.6 Å². The van der Waals surface area contributed by atoms with Crippen LogP contribution >= 0.6 is 10.8 Å². The van der Waals surface area contributed by atoms with Gasteiger partial charge in [-0.05, 0) is 19.1 Å². The molecule has 0 aliphatic rings. The number of hydrogen-bond donors (Lipinski definition) is 2. The quantitative estimate of drug-likeness (QED) is 0.777. The number of likely N-dealkylation sites (N-methyl/N-ethyl adjacent to an activating group) is 1. The van der Waals surface area contributed by atoms with E-state index in [4.69, 9.17) is 0 Å². The van der Waals surface area contributed by atoms with Crippen molar-refractivity contribution >= 4 is 10.8 Å². The van der Waals surface area contributed by atoms with E-state index in [0.717, 1.165) is 5.56 Å². The van der Waals surface area contributed by atoms with Crippen LogP contribution in [0.25, 0.3) is 0 Å². The average Bonchev–Trinajstić information content (AvgIpc) is 2.18. The molecule has 0 heterocycles. The van der Waals surface area contributed by atoms with E-state index in [1.165, 1.54) is 4.31 Å². The Kier molecular flexibility index (Phi) is 3.93. The van der Waals surface area contributed by atoms with E-state index in [1.54, 1.807) is 25.3 Å². The van der Waals surface area contributed by atoms with Crippen molar-refractivity contribution in [3.8, 4) is 0 Å². The van der Waals surface area contributed by atoms with Crippen LogP contribution in [0.2, 0.25) is 0 Å². The Bertz CT molecular complexity index is 335. The molecule has 0 amide bonds. The molecule has 1 aromatic carbocycles. The number of benzene rings is 1. The molecular weight excluding hydrogens is 210 g/mol. The largest absolute Gasteiger partial charge is 0.281 e. The third kappa shape index (κ3) is 2.82. The minimum Gasteiger partial charge on any atom is -0.281 e. The molecule has 0 fully saturated rings. The first-order valence-electron chi connectivity index (χ1n) is 4.65. The van der Waals surface area contributed by atoms with E-state index < -0.39 is 10.8 Å². The Hall–Kier alpha value is -0.810. The van der Waals surface area contributed by atoms with Gasteiger partial charge in [-0.3, -0.25) is 9.11 Å². The topological polar surface area (TPSA) is 43.7 Å². The van der Waals surface area contributed by atoms with Gasteiger partial charge in [-0.25, -0.2) is 4.31 Å². The lowest BCUT2D eigenvalue weighted by Gasteiger charge is -2.40. The van der Waals surface area contributed by atoms with Crippen LogP contribution in [0.15, 0.2) is 41.8 Å². The zero-order valence-corrected chi connectivity index (χ0v) is 9.87. The molecule has 84 valence electrons. The van der Waals surface area contributed by atoms with E-state index in [9.17, 15) is 9.11 Å². The van der Waals surface area contributed by atoms with Gasteiger partial charge in [0.25, 0.3) is 0 Å². The molecule has 0 saturated carbocycles. The van der Waals surface area contributed by atoms with E-state index in [0.29, 0.717) is 11.4 Å². The molecule has 0 aliphatic heterocycles. The van der Waals surface area contributed by atoms with Crippen molar-refractivity contribution in [1.29, 1.82) is 0 Å². The highest BCUT2D eigenvalue weighted by atomic mass is 32.3. The summed E-state index contributed by atoms with van der Waals surface area (Å²) < 4.78 is 21.5. The highest BCUT2D eigenvalue weighted by molar-refractivity contribution is 8.22. The standard InChI is InChI=1S/C11H17NO2S/c1-4-9-12(3)15(13,14)11-7-5-10(2)6-8-11/h4-8,13-14H,1,9H2,2-3H3. The smallest absolute Gasteiger partial charge is 0.0752 e. The molecule has 0 bridgehead atoms. The summed E-state index contributed by atoms with van der Waals surface area (Å²) in [5.74, 6) is 0. The lowest BCUT2D eigenvalue weighted by molar-refractivity contribution is 0.400. The van der Waals surface area contributed by atoms with Gasteiger partial charge >= 0.3 is 0 Å². The second-order valence-corrected chi connectivity index (χ2v) is 5.56. The summed E-state index contributed by atoms with van der Waals surface area (Å²) >= 11 is 0. The molecule has 3 nitrogen and oxygen atoms in total. The second-order valence-electron chi connectivity index (χ2n) is 3.43. The Morgan fingerprint density at radius 2 is 1.87 bits per heavy atom. The van der Waals surface area contributed by atoms with Gasteiger partial charge in [0.15, 0.2) is 0 Å². The van der Waals surface area contributed by atoms with Crippen molar-refractivity contribution in [1.82, 2.24) is 4.31 Å². The number of nitrogens with zero attached hydrogens (tertiary/aromatic N) is 1. The van der Waals surface area contributed by atoms with Gasteiger partial charge in [-0.15, -0.1) is 17.4 Å². The summed E-state index contributed by atoms with van der Waals surface area (Å²) in [6.07, 6.45) is 1.64. The molecule has 0 unspecified atom stereocenters. The molecule has 2 N–H and O–H groups in total. The summed E-state index contributed by atoms with van der Waals surface area (Å²) in [6.45, 7) is 5.97. The van der Waals surface area contributed by atoms with Crippen LogP contribution in [0.4, 0.5) is 0 Å². The molecule has 4 heteroatoms. The molecule has 15 heavy (non-hydrogen) atoms. The van der Waals surface area contributed by atoms with Crippen molar-refractivity contribution in [2.24, 2.45) is 0 Å². The van der Waals surface area contributed by atoms with Crippen LogP contribution in [-0.4, -0.2) is 27.0 Å². The maximum absolute atomic E-state index is 9.99. The van der Waals surface area contributed by atoms with Crippen LogP contribution in [0.3, 0.4) is 0 Å². The van der Waals surface area contributed by atoms with E-state index in [-0.39, 0.29) is 0 Å². The van der Waals surface area contributed by atoms with Crippen molar-refractivity contribution in [3.63, 3.8) is 0 Å². The first-order chi connectivity index (χ1) is 6.98. The zero-order chi connectivity index (χ0) is 11.5. The van der Waals surface area contributed by atoms with Crippen LogP contribution in [0.5, 0.6) is 0 Å². The van der Waals surface area contributed by atoms with Gasteiger partial charge in [0.05, 0.1) is 4.90 Å². The number of hydrogen-bond acceptors (Lipinski definition) is 3. The number of aryl methyl sites for hydroxylation is 1. The molecule has 0 radical (unpaired) electrons. The second kappa shape index (κ2) is 4.81. The van der Waals surface area contributed by atoms with Crippen LogP contribution in [-0.2, 0) is 0 Å². The van der Waals surface area contributed by atoms with Gasteiger partial charge in [-0.2, -0.15) is 0 Å². The van der Waals surface area contributed by atoms with Gasteiger partial charge in [-0.1, -0.05) is 23.8 Å². The Morgan fingerprint density at radius 3 is 2.33 bits per heavy atom. The normalized spacial score (nSPS) is 12.9. The molecule has 1 aromatic rings. The van der Waals surface area contributed by atoms with E-state index in [1.807, 2.05) is 19.1 Å². The Morgan fingerprint density at radius 1 is 1.33 bits per heavy atom. The lowest BCUT2D eigenvalue weighted by Crippen LogP contribution is -2.23. The first kappa shape index (κ1) is 12.3. The molecule has 0 aromatic heterocycles. The molecule has 0 aliphatic carbocycles. The lowest BCUT2D eigenvalue weighted by atomic mass is 10.2. The summed E-state index contributed by atoms with van der Waals surface area (Å²) in [7, 11) is -1.19. The summed E-state index contributed by atoms with van der Waals surface area (Å²) in [5.41, 5.74) is 1.10. The summed E-state index contributed by atoms with van der Waals surface area (Å²) in [4.78, 5) is 0.539. The molecular formula is C11H17NO2S. The Balaban J connectivity index is 2.94. The molecule has 0 saturated heterocycles. The maximum Gasteiger partial charge on any atom is 0.0752 e. The molecule has 0 spiro atoms. The fourth-order valence-corrected chi connectivity index (χ4v) is 2.36. The van der Waals surface area contributed by atoms with Gasteiger partial charge < -0.3 is 0 Å². The highest BCUT2D eigenvalue weighted by Gasteiger charge is 2.19. The maximum atomic E-state index is 9.99. The van der Waals surface area contributed by atoms with E-state index >= 15 is 0 Å². The van der Waals surface area contributed by atoms with Gasteiger partial charge in [0.1, 0.15) is 0 Å². The van der Waals surface area contributed by atoms with Gasteiger partial charge in [0.2, 0.25) is 0 Å². The fourth-order valence-electron chi connectivity index (χ4n) is 1.19. The van der Waals surface area contributed by atoms with Crippen molar-refractivity contribution in [3.05, 3.63) is 42.5 Å². The predicted octanol–water partition coefficient (Wildman–Crippen LogP) is 3.14. The first-order valence-corrected chi connectivity index (χ1v) is 6.16. The minimum absolute atomic E-state index is 0.441. The highest BCUT2D eigenvalue weighted by Crippen LogP contribution is 2.50. The van der Waals surface area contributed by atoms with Crippen LogP contribution < -0.4 is 0 Å².